The number of hydrogen-bond donors (Lipinski definition) is 2. The van der Waals surface area contributed by atoms with Crippen LogP contribution in [0.1, 0.15) is 41.5 Å². The van der Waals surface area contributed by atoms with Gasteiger partial charge in [0, 0.05) is 49.7 Å². The van der Waals surface area contributed by atoms with E-state index >= 15 is 0 Å². The Morgan fingerprint density at radius 3 is 2.34 bits per heavy atom. The molecule has 224 valence electrons. The second kappa shape index (κ2) is 19.3. The highest BCUT2D eigenvalue weighted by Crippen LogP contribution is 2.34. The van der Waals surface area contributed by atoms with Crippen molar-refractivity contribution in [3.63, 3.8) is 0 Å². The summed E-state index contributed by atoms with van der Waals surface area (Å²) in [5, 5.41) is 6.11. The molecule has 1 fully saturated rings. The summed E-state index contributed by atoms with van der Waals surface area (Å²) in [5.74, 6) is 1.28. The van der Waals surface area contributed by atoms with E-state index < -0.39 is 0 Å². The molecule has 41 heavy (non-hydrogen) atoms. The number of piperazine rings is 1. The van der Waals surface area contributed by atoms with Gasteiger partial charge in [-0.2, -0.15) is 4.98 Å². The summed E-state index contributed by atoms with van der Waals surface area (Å²) in [6.45, 7) is 19.4. The highest BCUT2D eigenvalue weighted by molar-refractivity contribution is 6.31. The number of carbonyl (C=O) groups is 1. The maximum absolute atomic E-state index is 11.6. The van der Waals surface area contributed by atoms with Crippen molar-refractivity contribution >= 4 is 40.5 Å². The quantitative estimate of drug-likeness (QED) is 0.261. The fourth-order valence-corrected chi connectivity index (χ4v) is 3.72. The molecule has 1 aromatic heterocycles. The highest BCUT2D eigenvalue weighted by Gasteiger charge is 2.17. The predicted molar refractivity (Wildman–Crippen MR) is 172 cm³/mol. The number of aromatic nitrogens is 2. The van der Waals surface area contributed by atoms with Gasteiger partial charge in [0.1, 0.15) is 16.5 Å². The molecule has 0 saturated carbocycles. The van der Waals surface area contributed by atoms with Gasteiger partial charge in [0.2, 0.25) is 17.7 Å². The van der Waals surface area contributed by atoms with Crippen LogP contribution in [-0.4, -0.2) is 61.1 Å². The maximum Gasteiger partial charge on any atom is 0.247 e. The van der Waals surface area contributed by atoms with Crippen LogP contribution < -0.4 is 25.0 Å². The van der Waals surface area contributed by atoms with Gasteiger partial charge in [-0.25, -0.2) is 4.98 Å². The number of ether oxygens (including phenoxy) is 2. The average molecular weight is 585 g/mol. The number of benzene rings is 2. The molecule has 0 atom stereocenters. The van der Waals surface area contributed by atoms with E-state index in [4.69, 9.17) is 21.1 Å². The van der Waals surface area contributed by atoms with Crippen molar-refractivity contribution in [1.82, 2.24) is 14.9 Å². The topological polar surface area (TPSA) is 91.8 Å². The molecule has 0 bridgehead atoms. The van der Waals surface area contributed by atoms with Crippen molar-refractivity contribution in [3.05, 3.63) is 66.3 Å². The minimum absolute atomic E-state index is 0.171. The number of amides is 1. The van der Waals surface area contributed by atoms with Crippen molar-refractivity contribution in [2.75, 3.05) is 55.9 Å². The first-order chi connectivity index (χ1) is 19.9. The lowest BCUT2D eigenvalue weighted by Crippen LogP contribution is -2.44. The molecule has 10 heteroatoms. The van der Waals surface area contributed by atoms with Crippen LogP contribution in [0.3, 0.4) is 0 Å². The fourth-order valence-electron chi connectivity index (χ4n) is 3.59. The Balaban J connectivity index is 0.00000131. The van der Waals surface area contributed by atoms with Crippen molar-refractivity contribution in [3.8, 4) is 17.4 Å². The highest BCUT2D eigenvalue weighted by atomic mass is 35.5. The van der Waals surface area contributed by atoms with Gasteiger partial charge in [-0.05, 0) is 37.4 Å². The molecular formula is C31H45ClN6O3. The van der Waals surface area contributed by atoms with Crippen LogP contribution in [0, 0.1) is 0 Å². The monoisotopic (exact) mass is 584 g/mol. The molecular weight excluding hydrogens is 540 g/mol. The minimum Gasteiger partial charge on any atom is -0.494 e. The molecule has 1 aliphatic heterocycles. The van der Waals surface area contributed by atoms with Crippen molar-refractivity contribution < 1.29 is 14.3 Å². The number of anilines is 4. The molecule has 0 spiro atoms. The van der Waals surface area contributed by atoms with Gasteiger partial charge in [0.25, 0.3) is 0 Å². The zero-order valence-electron chi connectivity index (χ0n) is 25.6. The zero-order valence-corrected chi connectivity index (χ0v) is 26.4. The van der Waals surface area contributed by atoms with E-state index in [0.29, 0.717) is 28.8 Å². The first-order valence-electron chi connectivity index (χ1n) is 14.1. The van der Waals surface area contributed by atoms with Gasteiger partial charge in [0.15, 0.2) is 0 Å². The smallest absolute Gasteiger partial charge is 0.247 e. The van der Waals surface area contributed by atoms with Gasteiger partial charge in [-0.15, -0.1) is 0 Å². The van der Waals surface area contributed by atoms with Gasteiger partial charge in [0.05, 0.1) is 19.0 Å². The Hall–Kier alpha value is -3.82. The van der Waals surface area contributed by atoms with Crippen molar-refractivity contribution in [2.45, 2.75) is 41.5 Å². The number of likely N-dealkylation sites (N-methyl/N-ethyl adjacent to an activating group) is 1. The molecule has 1 aliphatic rings. The lowest BCUT2D eigenvalue weighted by molar-refractivity contribution is -0.111. The second-order valence-corrected chi connectivity index (χ2v) is 8.38. The summed E-state index contributed by atoms with van der Waals surface area (Å²) in [7, 11) is 3.76. The molecule has 2 aromatic carbocycles. The van der Waals surface area contributed by atoms with Crippen LogP contribution in [0.4, 0.5) is 23.0 Å². The van der Waals surface area contributed by atoms with Crippen LogP contribution in [0.5, 0.6) is 17.4 Å². The molecule has 3 aromatic rings. The summed E-state index contributed by atoms with van der Waals surface area (Å²) in [5.41, 5.74) is 2.37. The number of carbonyl (C=O) groups excluding carboxylic acids is 1. The van der Waals surface area contributed by atoms with E-state index in [2.05, 4.69) is 44.0 Å². The van der Waals surface area contributed by atoms with Crippen LogP contribution in [0.15, 0.2) is 61.3 Å². The van der Waals surface area contributed by atoms with Crippen LogP contribution in [0.25, 0.3) is 0 Å². The molecule has 2 N–H and O–H groups in total. The molecule has 0 aliphatic carbocycles. The van der Waals surface area contributed by atoms with Crippen LogP contribution in [0.2, 0.25) is 5.02 Å². The number of hydrogen-bond acceptors (Lipinski definition) is 8. The third kappa shape index (κ3) is 10.9. The molecule has 9 nitrogen and oxygen atoms in total. The summed E-state index contributed by atoms with van der Waals surface area (Å²) in [6.07, 6.45) is 2.65. The van der Waals surface area contributed by atoms with E-state index in [1.807, 2.05) is 59.7 Å². The Bertz CT molecular complexity index is 1220. The fraction of sp³-hybridized carbons (Fsp3) is 0.387. The average Bonchev–Trinajstić information content (AvgIpc) is 3.02. The summed E-state index contributed by atoms with van der Waals surface area (Å²) in [4.78, 5) is 24.9. The van der Waals surface area contributed by atoms with E-state index in [-0.39, 0.29) is 16.8 Å². The number of rotatable bonds is 8. The van der Waals surface area contributed by atoms with Gasteiger partial charge in [-0.1, -0.05) is 65.8 Å². The van der Waals surface area contributed by atoms with E-state index in [1.165, 1.54) is 12.3 Å². The minimum atomic E-state index is -0.318. The van der Waals surface area contributed by atoms with Gasteiger partial charge in [-0.3, -0.25) is 4.79 Å². The number of halogens is 1. The van der Waals surface area contributed by atoms with Crippen molar-refractivity contribution in [1.29, 1.82) is 0 Å². The van der Waals surface area contributed by atoms with Gasteiger partial charge < -0.3 is 29.9 Å². The summed E-state index contributed by atoms with van der Waals surface area (Å²) < 4.78 is 11.5. The number of nitrogens with one attached hydrogen (secondary N) is 2. The SMILES string of the molecule is C=CC(=O)Nc1cccc(Oc2nc(Nc3ccc(N4CCN(C)CC4)cc3OC)ncc2Cl)c1.CC.CC.CC. The first-order valence-corrected chi connectivity index (χ1v) is 14.5. The van der Waals surface area contributed by atoms with E-state index in [0.717, 1.165) is 31.9 Å². The standard InChI is InChI=1S/C25H27ClN6O3.3C2H6/c1-4-23(33)28-17-6-5-7-19(14-17)35-24-20(26)16-27-25(30-24)29-21-9-8-18(15-22(21)34-3)32-12-10-31(2)11-13-32;3*1-2/h4-9,14-16H,1,10-13H2,2-3H3,(H,28,33)(H,27,29,30);3*1-2H3. The van der Waals surface area contributed by atoms with Gasteiger partial charge >= 0.3 is 0 Å². The lowest BCUT2D eigenvalue weighted by atomic mass is 10.2. The largest absolute Gasteiger partial charge is 0.494 e. The van der Waals surface area contributed by atoms with E-state index in [9.17, 15) is 4.79 Å². The molecule has 2 heterocycles. The Labute approximate surface area is 250 Å². The van der Waals surface area contributed by atoms with Crippen molar-refractivity contribution in [2.24, 2.45) is 0 Å². The second-order valence-electron chi connectivity index (χ2n) is 7.97. The molecule has 1 saturated heterocycles. The Kier molecular flexibility index (Phi) is 16.6. The summed E-state index contributed by atoms with van der Waals surface area (Å²) >= 11 is 6.28. The number of nitrogens with zero attached hydrogens (tertiary/aromatic N) is 4. The summed E-state index contributed by atoms with van der Waals surface area (Å²) in [6, 6.07) is 12.9. The molecule has 0 unspecified atom stereocenters. The van der Waals surface area contributed by atoms with E-state index in [1.54, 1.807) is 31.4 Å². The molecule has 1 amide bonds. The predicted octanol–water partition coefficient (Wildman–Crippen LogP) is 7.63. The third-order valence-corrected chi connectivity index (χ3v) is 5.77. The first kappa shape index (κ1) is 35.2. The third-order valence-electron chi connectivity index (χ3n) is 5.51. The normalized spacial score (nSPS) is 12.2. The molecule has 0 radical (unpaired) electrons. The Morgan fingerprint density at radius 1 is 1.02 bits per heavy atom. The number of methoxy groups -OCH3 is 1. The molecule has 4 rings (SSSR count). The van der Waals surface area contributed by atoms with Crippen LogP contribution >= 0.6 is 11.6 Å². The maximum atomic E-state index is 11.6. The lowest BCUT2D eigenvalue weighted by Gasteiger charge is -2.34. The Morgan fingerprint density at radius 2 is 1.71 bits per heavy atom. The zero-order chi connectivity index (χ0) is 30.8. The van der Waals surface area contributed by atoms with Crippen LogP contribution in [-0.2, 0) is 4.79 Å².